The number of carboxylic acids is 1. The van der Waals surface area contributed by atoms with Gasteiger partial charge in [0.05, 0.1) is 19.8 Å². The Morgan fingerprint density at radius 3 is 1.42 bits per heavy atom. The van der Waals surface area contributed by atoms with Crippen molar-refractivity contribution >= 4 is 19.8 Å². The number of carboxylic acid groups (broad SMARTS) is 1. The molecular formula is C51H88NO9P. The third-order valence-electron chi connectivity index (χ3n) is 9.91. The van der Waals surface area contributed by atoms with Gasteiger partial charge in [0.1, 0.15) is 12.1 Å². The second-order valence-corrected chi connectivity index (χ2v) is 17.3. The summed E-state index contributed by atoms with van der Waals surface area (Å²) in [6, 6.07) is -1.48. The Hall–Kier alpha value is -2.85. The van der Waals surface area contributed by atoms with Crippen molar-refractivity contribution in [3.8, 4) is 0 Å². The molecule has 0 aliphatic rings. The van der Waals surface area contributed by atoms with Crippen LogP contribution in [0.4, 0.5) is 0 Å². The number of hydrogen-bond acceptors (Lipinski definition) is 8. The lowest BCUT2D eigenvalue weighted by atomic mass is 10.1. The molecule has 3 atom stereocenters. The van der Waals surface area contributed by atoms with Gasteiger partial charge in [-0.2, -0.15) is 0 Å². The summed E-state index contributed by atoms with van der Waals surface area (Å²) in [5.74, 6) is -1.80. The summed E-state index contributed by atoms with van der Waals surface area (Å²) in [6.07, 6.45) is 59.2. The molecular weight excluding hydrogens is 802 g/mol. The van der Waals surface area contributed by atoms with Gasteiger partial charge >= 0.3 is 19.8 Å². The van der Waals surface area contributed by atoms with E-state index in [1.54, 1.807) is 0 Å². The summed E-state index contributed by atoms with van der Waals surface area (Å²) in [4.78, 5) is 33.6. The van der Waals surface area contributed by atoms with Crippen molar-refractivity contribution in [1.82, 2.24) is 0 Å². The first-order valence-corrected chi connectivity index (χ1v) is 25.6. The molecule has 0 spiro atoms. The minimum absolute atomic E-state index is 0.00443. The minimum Gasteiger partial charge on any atom is -0.480 e. The molecule has 0 bridgehead atoms. The number of hydrogen-bond donors (Lipinski definition) is 3. The van der Waals surface area contributed by atoms with E-state index in [1.807, 2.05) is 0 Å². The zero-order valence-electron chi connectivity index (χ0n) is 38.9. The highest BCUT2D eigenvalue weighted by Gasteiger charge is 2.27. The molecule has 10 nitrogen and oxygen atoms in total. The maximum absolute atomic E-state index is 12.7. The number of phosphoric acid groups is 1. The number of phosphoric ester groups is 1. The number of esters is 1. The van der Waals surface area contributed by atoms with Gasteiger partial charge in [-0.1, -0.05) is 176 Å². The number of allylic oxidation sites excluding steroid dienone is 14. The molecule has 11 heteroatoms. The first-order valence-electron chi connectivity index (χ1n) is 24.1. The number of ether oxygens (including phenoxy) is 2. The average Bonchev–Trinajstić information content (AvgIpc) is 3.25. The second-order valence-electron chi connectivity index (χ2n) is 15.9. The third kappa shape index (κ3) is 45.2. The van der Waals surface area contributed by atoms with Gasteiger partial charge in [0, 0.05) is 13.0 Å². The number of unbranched alkanes of at least 4 members (excludes halogenated alkanes) is 17. The highest BCUT2D eigenvalue weighted by molar-refractivity contribution is 7.47. The molecule has 62 heavy (non-hydrogen) atoms. The fourth-order valence-electron chi connectivity index (χ4n) is 6.19. The van der Waals surface area contributed by atoms with Crippen molar-refractivity contribution in [2.45, 2.75) is 199 Å². The van der Waals surface area contributed by atoms with Crippen molar-refractivity contribution in [3.05, 3.63) is 85.1 Å². The van der Waals surface area contributed by atoms with E-state index in [4.69, 9.17) is 29.4 Å². The van der Waals surface area contributed by atoms with E-state index in [2.05, 4.69) is 98.9 Å². The molecule has 0 aliphatic heterocycles. The van der Waals surface area contributed by atoms with Gasteiger partial charge in [-0.25, -0.2) is 4.57 Å². The van der Waals surface area contributed by atoms with Gasteiger partial charge in [-0.05, 0) is 89.9 Å². The van der Waals surface area contributed by atoms with Gasteiger partial charge in [0.2, 0.25) is 0 Å². The molecule has 0 heterocycles. The van der Waals surface area contributed by atoms with Crippen molar-refractivity contribution in [3.63, 3.8) is 0 Å². The molecule has 0 saturated heterocycles. The van der Waals surface area contributed by atoms with Crippen LogP contribution in [0.2, 0.25) is 0 Å². The van der Waals surface area contributed by atoms with Gasteiger partial charge in [-0.15, -0.1) is 0 Å². The fraction of sp³-hybridized carbons (Fsp3) is 0.686. The molecule has 3 unspecified atom stereocenters. The molecule has 0 aromatic carbocycles. The molecule has 0 aromatic heterocycles. The van der Waals surface area contributed by atoms with Gasteiger partial charge in [0.25, 0.3) is 0 Å². The van der Waals surface area contributed by atoms with Crippen LogP contribution >= 0.6 is 7.82 Å². The van der Waals surface area contributed by atoms with E-state index in [-0.39, 0.29) is 13.0 Å². The molecule has 0 aromatic rings. The number of nitrogens with two attached hydrogens (primary N) is 1. The Bertz CT molecular complexity index is 1310. The molecule has 0 fully saturated rings. The molecule has 0 amide bonds. The minimum atomic E-state index is -4.63. The second kappa shape index (κ2) is 46.2. The van der Waals surface area contributed by atoms with Crippen LogP contribution in [-0.4, -0.2) is 60.5 Å². The molecule has 0 radical (unpaired) electrons. The van der Waals surface area contributed by atoms with Crippen LogP contribution < -0.4 is 5.73 Å². The Labute approximate surface area is 377 Å². The van der Waals surface area contributed by atoms with Crippen LogP contribution in [0.1, 0.15) is 187 Å². The van der Waals surface area contributed by atoms with E-state index >= 15 is 0 Å². The summed E-state index contributed by atoms with van der Waals surface area (Å²) < 4.78 is 33.4. The monoisotopic (exact) mass is 890 g/mol. The van der Waals surface area contributed by atoms with E-state index in [1.165, 1.54) is 51.4 Å². The summed E-state index contributed by atoms with van der Waals surface area (Å²) in [5.41, 5.74) is 5.36. The highest BCUT2D eigenvalue weighted by atomic mass is 31.2. The normalized spacial score (nSPS) is 14.5. The van der Waals surface area contributed by atoms with E-state index in [0.29, 0.717) is 13.0 Å². The van der Waals surface area contributed by atoms with Gasteiger partial charge < -0.3 is 25.2 Å². The average molecular weight is 890 g/mol. The topological polar surface area (TPSA) is 155 Å². The standard InChI is InChI=1S/C51H88NO9P/c1-3-5-7-9-11-13-15-17-19-21-22-23-24-25-26-27-28-30-32-34-36-38-40-42-44-58-45-48(46-59-62(56,57)60-47-49(52)51(54)55)61-50(53)43-41-39-37-35-33-31-29-20-18-16-14-12-10-8-6-4-2/h5,7,11,13,17,19-20,22-23,25-26,28-30,48-49H,3-4,6,8-10,12,14-16,18,21,24,27,31-47,52H2,1-2H3,(H,54,55)(H,56,57)/b7-5-,13-11-,19-17-,23-22-,26-25-,29-20-,30-28-. The van der Waals surface area contributed by atoms with Crippen LogP contribution in [0.25, 0.3) is 0 Å². The van der Waals surface area contributed by atoms with Crippen LogP contribution in [0, 0.1) is 0 Å². The van der Waals surface area contributed by atoms with Crippen molar-refractivity contribution in [1.29, 1.82) is 0 Å². The number of carbonyl (C=O) groups is 2. The maximum Gasteiger partial charge on any atom is 0.472 e. The van der Waals surface area contributed by atoms with E-state index < -0.39 is 45.1 Å². The highest BCUT2D eigenvalue weighted by Crippen LogP contribution is 2.43. The van der Waals surface area contributed by atoms with E-state index in [0.717, 1.165) is 109 Å². The number of aliphatic carboxylic acids is 1. The molecule has 0 saturated carbocycles. The summed E-state index contributed by atoms with van der Waals surface area (Å²) >= 11 is 0. The lowest BCUT2D eigenvalue weighted by Crippen LogP contribution is -2.34. The van der Waals surface area contributed by atoms with Crippen LogP contribution in [0.5, 0.6) is 0 Å². The van der Waals surface area contributed by atoms with Gasteiger partial charge in [-0.3, -0.25) is 18.6 Å². The summed E-state index contributed by atoms with van der Waals surface area (Å²) in [5, 5.41) is 8.92. The third-order valence-corrected chi connectivity index (χ3v) is 10.9. The number of rotatable bonds is 45. The van der Waals surface area contributed by atoms with Gasteiger partial charge in [0.15, 0.2) is 0 Å². The van der Waals surface area contributed by atoms with Crippen molar-refractivity contribution in [2.75, 3.05) is 26.4 Å². The zero-order chi connectivity index (χ0) is 45.5. The Morgan fingerprint density at radius 1 is 0.532 bits per heavy atom. The largest absolute Gasteiger partial charge is 0.480 e. The molecule has 356 valence electrons. The zero-order valence-corrected chi connectivity index (χ0v) is 39.8. The Morgan fingerprint density at radius 2 is 0.935 bits per heavy atom. The van der Waals surface area contributed by atoms with E-state index in [9.17, 15) is 19.0 Å². The maximum atomic E-state index is 12.7. The van der Waals surface area contributed by atoms with Crippen LogP contribution in [0.15, 0.2) is 85.1 Å². The summed E-state index contributed by atoms with van der Waals surface area (Å²) in [6.45, 7) is 3.70. The SMILES string of the molecule is CC/C=C\C/C=C\C/C=C\C/C=C\C/C=C\C/C=C\CCCCCCCOCC(COP(=O)(O)OCC(N)C(=O)O)OC(=O)CCCCCCC/C=C\CCCCCCCCC. The van der Waals surface area contributed by atoms with Crippen molar-refractivity contribution < 1.29 is 42.7 Å². The first kappa shape index (κ1) is 59.1. The Kier molecular flexibility index (Phi) is 44.0. The fourth-order valence-corrected chi connectivity index (χ4v) is 6.97. The quantitative estimate of drug-likeness (QED) is 0.0233. The summed E-state index contributed by atoms with van der Waals surface area (Å²) in [7, 11) is -4.63. The predicted octanol–water partition coefficient (Wildman–Crippen LogP) is 13.9. The lowest BCUT2D eigenvalue weighted by Gasteiger charge is -2.20. The molecule has 0 aliphatic carbocycles. The predicted molar refractivity (Wildman–Crippen MR) is 258 cm³/mol. The van der Waals surface area contributed by atoms with Crippen molar-refractivity contribution in [2.24, 2.45) is 5.73 Å². The molecule has 0 rings (SSSR count). The lowest BCUT2D eigenvalue weighted by molar-refractivity contribution is -0.154. The Balaban J connectivity index is 4.25. The first-order chi connectivity index (χ1) is 30.2. The molecule has 4 N–H and O–H groups in total. The number of carbonyl (C=O) groups excluding carboxylic acids is 1. The van der Waals surface area contributed by atoms with Crippen LogP contribution in [0.3, 0.4) is 0 Å². The smallest absolute Gasteiger partial charge is 0.472 e. The van der Waals surface area contributed by atoms with Crippen LogP contribution in [-0.2, 0) is 32.7 Å².